The van der Waals surface area contributed by atoms with E-state index in [1.807, 2.05) is 19.1 Å². The maximum absolute atomic E-state index is 13.2. The molecule has 2 aromatic carbocycles. The van der Waals surface area contributed by atoms with Crippen molar-refractivity contribution in [1.82, 2.24) is 9.97 Å². The Hall–Kier alpha value is -2.37. The Kier molecular flexibility index (Phi) is 4.83. The van der Waals surface area contributed by atoms with Crippen molar-refractivity contribution in [1.29, 1.82) is 0 Å². The molecule has 0 atom stereocenters. The van der Waals surface area contributed by atoms with Crippen LogP contribution >= 0.6 is 23.2 Å². The number of nitrogens with zero attached hydrogens (tertiary/aromatic N) is 2. The summed E-state index contributed by atoms with van der Waals surface area (Å²) in [5.74, 6) is 0.519. The van der Waals surface area contributed by atoms with Gasteiger partial charge in [-0.3, -0.25) is 0 Å². The lowest BCUT2D eigenvalue weighted by atomic mass is 10.2. The molecule has 122 valence electrons. The number of rotatable bonds is 4. The molecule has 0 aliphatic carbocycles. The molecule has 0 saturated heterocycles. The summed E-state index contributed by atoms with van der Waals surface area (Å²) in [5, 5.41) is 6.91. The normalized spacial score (nSPS) is 10.5. The van der Waals surface area contributed by atoms with Gasteiger partial charge in [0.25, 0.3) is 0 Å². The number of hydrogen-bond donors (Lipinski definition) is 2. The third-order valence-corrected chi connectivity index (χ3v) is 3.81. The van der Waals surface area contributed by atoms with Gasteiger partial charge in [0.1, 0.15) is 11.6 Å². The molecule has 24 heavy (non-hydrogen) atoms. The SMILES string of the molecule is Cc1cc(Cl)ccc1Nc1nccc(Nc2ccc(F)c(Cl)c2)n1. The predicted molar refractivity (Wildman–Crippen MR) is 96.2 cm³/mol. The molecule has 1 heterocycles. The zero-order chi connectivity index (χ0) is 17.1. The molecule has 7 heteroatoms. The summed E-state index contributed by atoms with van der Waals surface area (Å²) in [7, 11) is 0. The van der Waals surface area contributed by atoms with Crippen LogP contribution in [-0.2, 0) is 0 Å². The monoisotopic (exact) mass is 362 g/mol. The van der Waals surface area contributed by atoms with Crippen LogP contribution in [0.1, 0.15) is 5.56 Å². The maximum Gasteiger partial charge on any atom is 0.229 e. The smallest absolute Gasteiger partial charge is 0.229 e. The molecule has 1 aromatic heterocycles. The highest BCUT2D eigenvalue weighted by Gasteiger charge is 2.05. The van der Waals surface area contributed by atoms with E-state index in [0.717, 1.165) is 11.3 Å². The minimum atomic E-state index is -0.467. The molecule has 0 aliphatic rings. The van der Waals surface area contributed by atoms with E-state index in [4.69, 9.17) is 23.2 Å². The largest absolute Gasteiger partial charge is 0.340 e. The summed E-state index contributed by atoms with van der Waals surface area (Å²) in [6.07, 6.45) is 1.62. The van der Waals surface area contributed by atoms with Crippen molar-refractivity contribution in [3.8, 4) is 0 Å². The summed E-state index contributed by atoms with van der Waals surface area (Å²) in [6.45, 7) is 1.94. The summed E-state index contributed by atoms with van der Waals surface area (Å²) in [5.41, 5.74) is 2.48. The number of aromatic nitrogens is 2. The van der Waals surface area contributed by atoms with Gasteiger partial charge in [-0.05, 0) is 55.0 Å². The van der Waals surface area contributed by atoms with Crippen molar-refractivity contribution in [3.05, 3.63) is 70.1 Å². The summed E-state index contributed by atoms with van der Waals surface area (Å²) in [4.78, 5) is 8.57. The van der Waals surface area contributed by atoms with Crippen molar-refractivity contribution in [2.75, 3.05) is 10.6 Å². The van der Waals surface area contributed by atoms with Crippen LogP contribution in [0.15, 0.2) is 48.7 Å². The molecule has 0 saturated carbocycles. The van der Waals surface area contributed by atoms with Crippen LogP contribution in [0, 0.1) is 12.7 Å². The fourth-order valence-corrected chi connectivity index (χ4v) is 2.51. The number of hydrogen-bond acceptors (Lipinski definition) is 4. The second-order valence-electron chi connectivity index (χ2n) is 5.10. The Morgan fingerprint density at radius 2 is 1.83 bits per heavy atom. The lowest BCUT2D eigenvalue weighted by Gasteiger charge is -2.10. The molecular weight excluding hydrogens is 350 g/mol. The van der Waals surface area contributed by atoms with Gasteiger partial charge in [-0.15, -0.1) is 0 Å². The molecular formula is C17H13Cl2FN4. The molecule has 3 rings (SSSR count). The number of halogens is 3. The van der Waals surface area contributed by atoms with Crippen LogP contribution in [0.5, 0.6) is 0 Å². The van der Waals surface area contributed by atoms with Crippen molar-refractivity contribution >= 4 is 46.3 Å². The third kappa shape index (κ3) is 3.93. The average Bonchev–Trinajstić information content (AvgIpc) is 2.54. The Balaban J connectivity index is 1.79. The molecule has 0 aliphatic heterocycles. The van der Waals surface area contributed by atoms with Gasteiger partial charge in [-0.1, -0.05) is 23.2 Å². The minimum absolute atomic E-state index is 0.0455. The highest BCUT2D eigenvalue weighted by atomic mass is 35.5. The summed E-state index contributed by atoms with van der Waals surface area (Å²) < 4.78 is 13.2. The Bertz CT molecular complexity index is 886. The second-order valence-corrected chi connectivity index (χ2v) is 5.95. The van der Waals surface area contributed by atoms with E-state index in [-0.39, 0.29) is 5.02 Å². The molecule has 3 aromatic rings. The first-order valence-electron chi connectivity index (χ1n) is 7.09. The highest BCUT2D eigenvalue weighted by molar-refractivity contribution is 6.31. The molecule has 0 unspecified atom stereocenters. The zero-order valence-electron chi connectivity index (χ0n) is 12.6. The molecule has 0 bridgehead atoms. The van der Waals surface area contributed by atoms with E-state index in [1.54, 1.807) is 24.4 Å². The number of benzene rings is 2. The van der Waals surface area contributed by atoms with Gasteiger partial charge < -0.3 is 10.6 Å². The molecule has 0 fully saturated rings. The summed E-state index contributed by atoms with van der Waals surface area (Å²) >= 11 is 11.7. The van der Waals surface area contributed by atoms with E-state index in [1.165, 1.54) is 12.1 Å². The van der Waals surface area contributed by atoms with Crippen molar-refractivity contribution in [3.63, 3.8) is 0 Å². The first kappa shape index (κ1) is 16.5. The lowest BCUT2D eigenvalue weighted by molar-refractivity contribution is 0.628. The highest BCUT2D eigenvalue weighted by Crippen LogP contribution is 2.24. The van der Waals surface area contributed by atoms with Crippen LogP contribution in [0.3, 0.4) is 0 Å². The van der Waals surface area contributed by atoms with Gasteiger partial charge >= 0.3 is 0 Å². The summed E-state index contributed by atoms with van der Waals surface area (Å²) in [6, 6.07) is 11.6. The fourth-order valence-electron chi connectivity index (χ4n) is 2.10. The zero-order valence-corrected chi connectivity index (χ0v) is 14.2. The first-order valence-corrected chi connectivity index (χ1v) is 7.85. The van der Waals surface area contributed by atoms with Crippen molar-refractivity contribution in [2.24, 2.45) is 0 Å². The predicted octanol–water partition coefficient (Wildman–Crippen LogP) is 5.72. The average molecular weight is 363 g/mol. The van der Waals surface area contributed by atoms with Crippen LogP contribution in [0.4, 0.5) is 27.5 Å². The minimum Gasteiger partial charge on any atom is -0.340 e. The Morgan fingerprint density at radius 3 is 2.58 bits per heavy atom. The van der Waals surface area contributed by atoms with E-state index < -0.39 is 5.82 Å². The van der Waals surface area contributed by atoms with Crippen molar-refractivity contribution < 1.29 is 4.39 Å². The van der Waals surface area contributed by atoms with Crippen LogP contribution in [0.25, 0.3) is 0 Å². The third-order valence-electron chi connectivity index (χ3n) is 3.28. The maximum atomic E-state index is 13.2. The van der Waals surface area contributed by atoms with E-state index in [9.17, 15) is 4.39 Å². The van der Waals surface area contributed by atoms with E-state index >= 15 is 0 Å². The molecule has 4 nitrogen and oxygen atoms in total. The van der Waals surface area contributed by atoms with Crippen LogP contribution in [0.2, 0.25) is 10.0 Å². The standard InChI is InChI=1S/C17H13Cl2FN4/c1-10-8-11(18)2-5-15(10)23-17-21-7-6-16(24-17)22-12-3-4-14(20)13(19)9-12/h2-9H,1H3,(H2,21,22,23,24). The van der Waals surface area contributed by atoms with Crippen LogP contribution < -0.4 is 10.6 Å². The van der Waals surface area contributed by atoms with E-state index in [0.29, 0.717) is 22.5 Å². The van der Waals surface area contributed by atoms with Gasteiger partial charge in [-0.2, -0.15) is 4.98 Å². The van der Waals surface area contributed by atoms with Gasteiger partial charge in [-0.25, -0.2) is 9.37 Å². The Morgan fingerprint density at radius 1 is 1.00 bits per heavy atom. The van der Waals surface area contributed by atoms with Gasteiger partial charge in [0.05, 0.1) is 5.02 Å². The topological polar surface area (TPSA) is 49.8 Å². The molecule has 0 amide bonds. The molecule has 2 N–H and O–H groups in total. The van der Waals surface area contributed by atoms with Crippen molar-refractivity contribution in [2.45, 2.75) is 6.92 Å². The number of anilines is 4. The van der Waals surface area contributed by atoms with E-state index in [2.05, 4.69) is 20.6 Å². The fraction of sp³-hybridized carbons (Fsp3) is 0.0588. The van der Waals surface area contributed by atoms with Gasteiger partial charge in [0.2, 0.25) is 5.95 Å². The quantitative estimate of drug-likeness (QED) is 0.623. The molecule has 0 radical (unpaired) electrons. The van der Waals surface area contributed by atoms with Gasteiger partial charge in [0, 0.05) is 22.6 Å². The second kappa shape index (κ2) is 7.03. The number of aryl methyl sites for hydroxylation is 1. The molecule has 0 spiro atoms. The first-order chi connectivity index (χ1) is 11.5. The van der Waals surface area contributed by atoms with Crippen LogP contribution in [-0.4, -0.2) is 9.97 Å². The Labute approximate surface area is 148 Å². The number of nitrogens with one attached hydrogen (secondary N) is 2. The lowest BCUT2D eigenvalue weighted by Crippen LogP contribution is -2.01. The van der Waals surface area contributed by atoms with Gasteiger partial charge in [0.15, 0.2) is 0 Å².